The minimum absolute atomic E-state index is 0.893. The van der Waals surface area contributed by atoms with E-state index in [9.17, 15) is 0 Å². The van der Waals surface area contributed by atoms with Gasteiger partial charge in [-0.05, 0) is 54.2 Å². The molecular formula is C30H45N6+3. The Morgan fingerprint density at radius 1 is 0.500 bits per heavy atom. The molecule has 3 aromatic heterocycles. The molecule has 4 rings (SSSR count). The standard InChI is InChI=1S/C30H45N6/c1-4-7-10-31-13-16-34(25-31)22-28-19-29(23-35-17-14-32(26-35)11-8-5-2)21-30(20-28)24-36-18-15-33(27-36)12-9-6-3/h13-21,25-27H,4-12,22-24H2,1-3H3/q+3. The van der Waals surface area contributed by atoms with Crippen molar-refractivity contribution in [3.63, 3.8) is 0 Å². The van der Waals surface area contributed by atoms with Crippen LogP contribution in [0.2, 0.25) is 0 Å². The molecule has 0 atom stereocenters. The molecule has 0 fully saturated rings. The summed E-state index contributed by atoms with van der Waals surface area (Å²) in [6.45, 7) is 12.7. The van der Waals surface area contributed by atoms with E-state index in [2.05, 4.69) is 123 Å². The van der Waals surface area contributed by atoms with Crippen LogP contribution < -0.4 is 13.7 Å². The Bertz CT molecular complexity index is 1040. The van der Waals surface area contributed by atoms with E-state index in [1.165, 1.54) is 55.2 Å². The summed E-state index contributed by atoms with van der Waals surface area (Å²) in [6.07, 6.45) is 27.3. The predicted molar refractivity (Wildman–Crippen MR) is 142 cm³/mol. The maximum atomic E-state index is 2.38. The Morgan fingerprint density at radius 3 is 1.08 bits per heavy atom. The zero-order valence-corrected chi connectivity index (χ0v) is 22.6. The number of unbranched alkanes of at least 4 members (excludes halogenated alkanes) is 3. The van der Waals surface area contributed by atoms with Gasteiger partial charge in [-0.25, -0.2) is 27.4 Å². The number of nitrogens with zero attached hydrogens (tertiary/aromatic N) is 6. The summed E-state index contributed by atoms with van der Waals surface area (Å²) >= 11 is 0. The SMILES string of the molecule is CCCCn1cc[n+](Cc2cc(C[n+]3ccn(CCCC)c3)cc(C[n+]3ccn(CCCC)c3)c2)c1. The second kappa shape index (κ2) is 13.2. The average molecular weight is 490 g/mol. The third kappa shape index (κ3) is 7.67. The zero-order valence-electron chi connectivity index (χ0n) is 22.6. The summed E-state index contributed by atoms with van der Waals surface area (Å²) in [7, 11) is 0. The van der Waals surface area contributed by atoms with E-state index in [1.807, 2.05) is 0 Å². The van der Waals surface area contributed by atoms with Gasteiger partial charge in [0.15, 0.2) is 0 Å². The summed E-state index contributed by atoms with van der Waals surface area (Å²) in [5.41, 5.74) is 4.08. The van der Waals surface area contributed by atoms with Gasteiger partial charge in [0.25, 0.3) is 0 Å². The van der Waals surface area contributed by atoms with E-state index in [4.69, 9.17) is 0 Å². The molecule has 0 aliphatic heterocycles. The summed E-state index contributed by atoms with van der Waals surface area (Å²) < 4.78 is 13.8. The number of benzene rings is 1. The molecule has 36 heavy (non-hydrogen) atoms. The molecule has 192 valence electrons. The van der Waals surface area contributed by atoms with Crippen molar-refractivity contribution >= 4 is 0 Å². The second-order valence-electron chi connectivity index (χ2n) is 10.2. The lowest BCUT2D eigenvalue weighted by Gasteiger charge is -2.07. The molecule has 0 spiro atoms. The van der Waals surface area contributed by atoms with Crippen LogP contribution >= 0.6 is 0 Å². The van der Waals surface area contributed by atoms with Crippen LogP contribution in [0.25, 0.3) is 0 Å². The molecule has 6 nitrogen and oxygen atoms in total. The Balaban J connectivity index is 1.53. The Hall–Kier alpha value is -3.15. The number of rotatable bonds is 15. The van der Waals surface area contributed by atoms with Crippen LogP contribution in [0.1, 0.15) is 76.0 Å². The van der Waals surface area contributed by atoms with Crippen molar-refractivity contribution in [1.82, 2.24) is 13.7 Å². The fourth-order valence-electron chi connectivity index (χ4n) is 4.76. The average Bonchev–Trinajstić information content (AvgIpc) is 3.62. The van der Waals surface area contributed by atoms with E-state index < -0.39 is 0 Å². The minimum Gasteiger partial charge on any atom is -0.237 e. The molecule has 0 saturated heterocycles. The van der Waals surface area contributed by atoms with Crippen LogP contribution in [0.5, 0.6) is 0 Å². The lowest BCUT2D eigenvalue weighted by atomic mass is 10.0. The molecule has 0 unspecified atom stereocenters. The van der Waals surface area contributed by atoms with E-state index >= 15 is 0 Å². The number of hydrogen-bond donors (Lipinski definition) is 0. The van der Waals surface area contributed by atoms with Crippen LogP contribution in [0, 0.1) is 0 Å². The number of aromatic nitrogens is 6. The molecule has 0 aliphatic carbocycles. The van der Waals surface area contributed by atoms with Crippen LogP contribution in [-0.2, 0) is 39.3 Å². The quantitative estimate of drug-likeness (QED) is 0.220. The highest BCUT2D eigenvalue weighted by atomic mass is 15.1. The second-order valence-corrected chi connectivity index (χ2v) is 10.2. The fraction of sp³-hybridized carbons (Fsp3) is 0.500. The van der Waals surface area contributed by atoms with Gasteiger partial charge in [0.2, 0.25) is 19.0 Å². The number of hydrogen-bond acceptors (Lipinski definition) is 0. The van der Waals surface area contributed by atoms with Crippen LogP contribution in [0.3, 0.4) is 0 Å². The van der Waals surface area contributed by atoms with E-state index in [1.54, 1.807) is 0 Å². The Kier molecular flexibility index (Phi) is 9.54. The Labute approximate surface area is 217 Å². The fourth-order valence-corrected chi connectivity index (χ4v) is 4.76. The Morgan fingerprint density at radius 2 is 0.806 bits per heavy atom. The molecule has 6 heteroatoms. The van der Waals surface area contributed by atoms with Crippen molar-refractivity contribution in [3.05, 3.63) is 91.1 Å². The first kappa shape index (κ1) is 25.9. The molecular weight excluding hydrogens is 444 g/mol. The minimum atomic E-state index is 0.893. The predicted octanol–water partition coefficient (Wildman–Crippen LogP) is 4.50. The first-order valence-electron chi connectivity index (χ1n) is 13.9. The van der Waals surface area contributed by atoms with Crippen molar-refractivity contribution in [2.75, 3.05) is 0 Å². The van der Waals surface area contributed by atoms with Gasteiger partial charge in [0.05, 0.1) is 19.6 Å². The monoisotopic (exact) mass is 489 g/mol. The molecule has 0 bridgehead atoms. The third-order valence-corrected chi connectivity index (χ3v) is 6.76. The first-order valence-corrected chi connectivity index (χ1v) is 13.9. The van der Waals surface area contributed by atoms with E-state index in [0.717, 1.165) is 39.3 Å². The first-order chi connectivity index (χ1) is 17.6. The molecule has 0 amide bonds. The maximum Gasteiger partial charge on any atom is 0.244 e. The molecule has 3 heterocycles. The highest BCUT2D eigenvalue weighted by Gasteiger charge is 2.12. The topological polar surface area (TPSA) is 26.4 Å². The van der Waals surface area contributed by atoms with Crippen molar-refractivity contribution < 1.29 is 13.7 Å². The van der Waals surface area contributed by atoms with Crippen molar-refractivity contribution in [2.45, 2.75) is 98.6 Å². The van der Waals surface area contributed by atoms with Crippen molar-refractivity contribution in [2.24, 2.45) is 0 Å². The largest absolute Gasteiger partial charge is 0.244 e. The van der Waals surface area contributed by atoms with Gasteiger partial charge in [0.1, 0.15) is 56.8 Å². The summed E-state index contributed by atoms with van der Waals surface area (Å²) in [4.78, 5) is 0. The summed E-state index contributed by atoms with van der Waals surface area (Å²) in [5, 5.41) is 0. The van der Waals surface area contributed by atoms with Crippen LogP contribution in [-0.4, -0.2) is 13.7 Å². The normalized spacial score (nSPS) is 11.4. The molecule has 0 N–H and O–H groups in total. The van der Waals surface area contributed by atoms with Gasteiger partial charge in [0, 0.05) is 0 Å². The molecule has 0 radical (unpaired) electrons. The summed E-state index contributed by atoms with van der Waals surface area (Å²) in [5.74, 6) is 0. The lowest BCUT2D eigenvalue weighted by Crippen LogP contribution is -2.34. The van der Waals surface area contributed by atoms with E-state index in [0.29, 0.717) is 0 Å². The van der Waals surface area contributed by atoms with Gasteiger partial charge < -0.3 is 0 Å². The van der Waals surface area contributed by atoms with Gasteiger partial charge in [-0.2, -0.15) is 0 Å². The van der Waals surface area contributed by atoms with E-state index in [-0.39, 0.29) is 0 Å². The highest BCUT2D eigenvalue weighted by molar-refractivity contribution is 5.29. The van der Waals surface area contributed by atoms with Crippen LogP contribution in [0.4, 0.5) is 0 Å². The molecule has 0 saturated carbocycles. The number of aryl methyl sites for hydroxylation is 3. The summed E-state index contributed by atoms with van der Waals surface area (Å²) in [6, 6.07) is 7.15. The van der Waals surface area contributed by atoms with Gasteiger partial charge in [-0.1, -0.05) is 40.0 Å². The van der Waals surface area contributed by atoms with Gasteiger partial charge in [-0.15, -0.1) is 0 Å². The number of imidazole rings is 3. The van der Waals surface area contributed by atoms with Gasteiger partial charge >= 0.3 is 0 Å². The third-order valence-electron chi connectivity index (χ3n) is 6.76. The smallest absolute Gasteiger partial charge is 0.237 e. The lowest BCUT2D eigenvalue weighted by molar-refractivity contribution is -0.689. The molecule has 0 aliphatic rings. The van der Waals surface area contributed by atoms with Gasteiger partial charge in [-0.3, -0.25) is 0 Å². The zero-order chi connectivity index (χ0) is 25.2. The van der Waals surface area contributed by atoms with Crippen LogP contribution in [0.15, 0.2) is 74.4 Å². The highest BCUT2D eigenvalue weighted by Crippen LogP contribution is 2.12. The molecule has 4 aromatic rings. The molecule has 1 aromatic carbocycles. The van der Waals surface area contributed by atoms with Crippen molar-refractivity contribution in [1.29, 1.82) is 0 Å². The maximum absolute atomic E-state index is 2.38. The van der Waals surface area contributed by atoms with Crippen molar-refractivity contribution in [3.8, 4) is 0 Å².